The minimum Gasteiger partial charge on any atom is -0.333 e. The van der Waals surface area contributed by atoms with Crippen LogP contribution in [0, 0.1) is 11.6 Å². The molecule has 1 aromatic carbocycles. The van der Waals surface area contributed by atoms with E-state index in [1.807, 2.05) is 0 Å². The highest BCUT2D eigenvalue weighted by molar-refractivity contribution is 9.10. The molecule has 1 saturated heterocycles. The Morgan fingerprint density at radius 2 is 1.81 bits per heavy atom. The fraction of sp³-hybridized carbons (Fsp3) is 0.300. The molecule has 0 bridgehead atoms. The third-order valence-electron chi connectivity index (χ3n) is 2.35. The second kappa shape index (κ2) is 4.08. The van der Waals surface area contributed by atoms with Gasteiger partial charge in [-0.25, -0.2) is 13.2 Å². The quantitative estimate of drug-likeness (QED) is 0.729. The maximum atomic E-state index is 13.1. The molecule has 0 aliphatic carbocycles. The van der Waals surface area contributed by atoms with Gasteiger partial charge in [0.15, 0.2) is 0 Å². The fourth-order valence-electron chi connectivity index (χ4n) is 1.45. The molecule has 0 N–H and O–H groups in total. The Morgan fingerprint density at radius 1 is 1.31 bits per heavy atom. The van der Waals surface area contributed by atoms with Crippen LogP contribution in [0.1, 0.15) is 10.4 Å². The molecule has 6 heteroatoms. The molecule has 2 nitrogen and oxygen atoms in total. The molecular formula is C10H7BrF3NO. The monoisotopic (exact) mass is 293 g/mol. The van der Waals surface area contributed by atoms with E-state index in [4.69, 9.17) is 0 Å². The van der Waals surface area contributed by atoms with Gasteiger partial charge < -0.3 is 4.90 Å². The van der Waals surface area contributed by atoms with E-state index >= 15 is 0 Å². The lowest BCUT2D eigenvalue weighted by Crippen LogP contribution is -2.51. The van der Waals surface area contributed by atoms with Crippen molar-refractivity contribution in [3.63, 3.8) is 0 Å². The van der Waals surface area contributed by atoms with Crippen LogP contribution in [-0.2, 0) is 0 Å². The van der Waals surface area contributed by atoms with Crippen LogP contribution in [0.2, 0.25) is 0 Å². The van der Waals surface area contributed by atoms with E-state index in [1.54, 1.807) is 0 Å². The molecule has 1 amide bonds. The molecule has 0 aromatic heterocycles. The Hall–Kier alpha value is -1.04. The highest BCUT2D eigenvalue weighted by Crippen LogP contribution is 2.23. The molecule has 1 fully saturated rings. The number of halogens is 4. The van der Waals surface area contributed by atoms with Crippen LogP contribution in [-0.4, -0.2) is 30.1 Å². The molecule has 0 spiro atoms. The summed E-state index contributed by atoms with van der Waals surface area (Å²) in [6.45, 7) is -0.0315. The first-order valence-corrected chi connectivity index (χ1v) is 5.36. The van der Waals surface area contributed by atoms with Gasteiger partial charge in [0.1, 0.15) is 17.8 Å². The Morgan fingerprint density at radius 3 is 2.25 bits per heavy atom. The van der Waals surface area contributed by atoms with E-state index in [2.05, 4.69) is 15.9 Å². The summed E-state index contributed by atoms with van der Waals surface area (Å²) in [5.41, 5.74) is -0.106. The third kappa shape index (κ3) is 1.93. The van der Waals surface area contributed by atoms with Crippen molar-refractivity contribution in [1.82, 2.24) is 4.90 Å². The van der Waals surface area contributed by atoms with Crippen molar-refractivity contribution in [2.24, 2.45) is 0 Å². The molecule has 0 radical (unpaired) electrons. The highest BCUT2D eigenvalue weighted by Gasteiger charge is 2.31. The second-order valence-corrected chi connectivity index (χ2v) is 4.35. The zero-order chi connectivity index (χ0) is 11.9. The topological polar surface area (TPSA) is 20.3 Å². The van der Waals surface area contributed by atoms with Gasteiger partial charge in [0.2, 0.25) is 0 Å². The van der Waals surface area contributed by atoms with Crippen LogP contribution in [0.4, 0.5) is 13.2 Å². The largest absolute Gasteiger partial charge is 0.333 e. The highest BCUT2D eigenvalue weighted by atomic mass is 79.9. The fourth-order valence-corrected chi connectivity index (χ4v) is 1.68. The first-order valence-electron chi connectivity index (χ1n) is 4.57. The average molecular weight is 294 g/mol. The minimum atomic E-state index is -1.03. The van der Waals surface area contributed by atoms with Crippen LogP contribution >= 0.6 is 15.9 Å². The number of likely N-dealkylation sites (tertiary alicyclic amines) is 1. The number of carbonyl (C=O) groups excluding carboxylic acids is 1. The van der Waals surface area contributed by atoms with Gasteiger partial charge in [-0.15, -0.1) is 0 Å². The molecule has 1 aliphatic rings. The van der Waals surface area contributed by atoms with Crippen molar-refractivity contribution in [3.8, 4) is 0 Å². The van der Waals surface area contributed by atoms with E-state index < -0.39 is 23.7 Å². The molecule has 1 aromatic rings. The molecule has 1 aliphatic heterocycles. The van der Waals surface area contributed by atoms with Gasteiger partial charge in [-0.1, -0.05) is 0 Å². The number of carbonyl (C=O) groups is 1. The van der Waals surface area contributed by atoms with Crippen molar-refractivity contribution < 1.29 is 18.0 Å². The first kappa shape index (κ1) is 11.4. The Bertz CT molecular complexity index is 423. The number of benzene rings is 1. The SMILES string of the molecule is O=C(c1cc(F)c(Br)c(F)c1)N1CC(F)C1. The molecule has 16 heavy (non-hydrogen) atoms. The summed E-state index contributed by atoms with van der Waals surface area (Å²) in [6.07, 6.45) is -1.03. The van der Waals surface area contributed by atoms with Crippen LogP contribution in [0.15, 0.2) is 16.6 Å². The maximum absolute atomic E-state index is 13.1. The Kier molecular flexibility index (Phi) is 2.92. The molecule has 2 rings (SSSR count). The predicted molar refractivity (Wildman–Crippen MR) is 54.9 cm³/mol. The van der Waals surface area contributed by atoms with Crippen molar-refractivity contribution in [2.75, 3.05) is 13.1 Å². The number of hydrogen-bond donors (Lipinski definition) is 0. The zero-order valence-corrected chi connectivity index (χ0v) is 9.60. The average Bonchev–Trinajstić information content (AvgIpc) is 2.19. The van der Waals surface area contributed by atoms with Crippen molar-refractivity contribution in [2.45, 2.75) is 6.17 Å². The molecule has 86 valence electrons. The Labute approximate surface area is 98.2 Å². The Balaban J connectivity index is 2.24. The molecular weight excluding hydrogens is 287 g/mol. The summed E-state index contributed by atoms with van der Waals surface area (Å²) in [5, 5.41) is 0. The van der Waals surface area contributed by atoms with E-state index in [1.165, 1.54) is 4.90 Å². The van der Waals surface area contributed by atoms with E-state index in [9.17, 15) is 18.0 Å². The summed E-state index contributed by atoms with van der Waals surface area (Å²) in [5.74, 6) is -2.25. The van der Waals surface area contributed by atoms with Gasteiger partial charge in [-0.05, 0) is 28.1 Å². The summed E-state index contributed by atoms with van der Waals surface area (Å²) >= 11 is 2.71. The van der Waals surface area contributed by atoms with E-state index in [0.29, 0.717) is 0 Å². The van der Waals surface area contributed by atoms with Gasteiger partial charge in [0, 0.05) is 5.56 Å². The van der Waals surface area contributed by atoms with Crippen LogP contribution < -0.4 is 0 Å². The third-order valence-corrected chi connectivity index (χ3v) is 3.11. The lowest BCUT2D eigenvalue weighted by molar-refractivity contribution is 0.0399. The normalized spacial score (nSPS) is 16.1. The summed E-state index contributed by atoms with van der Waals surface area (Å²) in [7, 11) is 0. The molecule has 0 unspecified atom stereocenters. The number of alkyl halides is 1. The minimum absolute atomic E-state index is 0.0157. The number of nitrogens with zero attached hydrogens (tertiary/aromatic N) is 1. The van der Waals surface area contributed by atoms with Gasteiger partial charge >= 0.3 is 0 Å². The number of hydrogen-bond acceptors (Lipinski definition) is 1. The van der Waals surface area contributed by atoms with Gasteiger partial charge in [-0.3, -0.25) is 4.79 Å². The van der Waals surface area contributed by atoms with Crippen LogP contribution in [0.5, 0.6) is 0 Å². The van der Waals surface area contributed by atoms with Gasteiger partial charge in [0.25, 0.3) is 5.91 Å². The summed E-state index contributed by atoms with van der Waals surface area (Å²) in [6, 6.07) is 1.86. The maximum Gasteiger partial charge on any atom is 0.254 e. The molecule has 1 heterocycles. The smallest absolute Gasteiger partial charge is 0.254 e. The van der Waals surface area contributed by atoms with Crippen molar-refractivity contribution >= 4 is 21.8 Å². The van der Waals surface area contributed by atoms with Crippen molar-refractivity contribution in [3.05, 3.63) is 33.8 Å². The predicted octanol–water partition coefficient (Wildman–Crippen LogP) is 2.52. The van der Waals surface area contributed by atoms with Crippen LogP contribution in [0.25, 0.3) is 0 Å². The molecule has 0 saturated carbocycles. The van der Waals surface area contributed by atoms with E-state index in [0.717, 1.165) is 12.1 Å². The van der Waals surface area contributed by atoms with Crippen molar-refractivity contribution in [1.29, 1.82) is 0 Å². The first-order chi connectivity index (χ1) is 7.49. The summed E-state index contributed by atoms with van der Waals surface area (Å²) in [4.78, 5) is 12.8. The summed E-state index contributed by atoms with van der Waals surface area (Å²) < 4.78 is 38.5. The molecule has 0 atom stereocenters. The van der Waals surface area contributed by atoms with Gasteiger partial charge in [-0.2, -0.15) is 0 Å². The number of amides is 1. The van der Waals surface area contributed by atoms with Crippen LogP contribution in [0.3, 0.4) is 0 Å². The standard InChI is InChI=1S/C10H7BrF3NO/c11-9-7(13)1-5(2-8(9)14)10(16)15-3-6(12)4-15/h1-2,6H,3-4H2. The van der Waals surface area contributed by atoms with E-state index in [-0.39, 0.29) is 23.1 Å². The zero-order valence-electron chi connectivity index (χ0n) is 8.01. The second-order valence-electron chi connectivity index (χ2n) is 3.56. The van der Waals surface area contributed by atoms with Gasteiger partial charge in [0.05, 0.1) is 17.6 Å². The lowest BCUT2D eigenvalue weighted by atomic mass is 10.1. The number of rotatable bonds is 1. The lowest BCUT2D eigenvalue weighted by Gasteiger charge is -2.34.